The average Bonchev–Trinajstić information content (AvgIpc) is 2.37. The van der Waals surface area contributed by atoms with Gasteiger partial charge in [0.25, 0.3) is 0 Å². The van der Waals surface area contributed by atoms with Gasteiger partial charge in [-0.1, -0.05) is 19.3 Å². The van der Waals surface area contributed by atoms with Crippen LogP contribution in [0.3, 0.4) is 0 Å². The van der Waals surface area contributed by atoms with Crippen molar-refractivity contribution in [2.75, 3.05) is 13.1 Å². The van der Waals surface area contributed by atoms with Crippen LogP contribution < -0.4 is 5.32 Å². The lowest BCUT2D eigenvalue weighted by molar-refractivity contribution is -0.123. The Labute approximate surface area is 98.3 Å². The molecule has 3 nitrogen and oxygen atoms in total. The lowest BCUT2D eigenvalue weighted by Crippen LogP contribution is -2.61. The highest BCUT2D eigenvalue weighted by molar-refractivity contribution is 5.75. The molecule has 1 aliphatic carbocycles. The zero-order chi connectivity index (χ0) is 12.5. The zero-order valence-electron chi connectivity index (χ0n) is 9.59. The third-order valence-corrected chi connectivity index (χ3v) is 3.65. The van der Waals surface area contributed by atoms with Crippen LogP contribution in [0.4, 0.5) is 18.0 Å². The summed E-state index contributed by atoms with van der Waals surface area (Å²) in [5.74, 6) is 0.508. The van der Waals surface area contributed by atoms with E-state index in [-0.39, 0.29) is 6.04 Å². The second-order valence-corrected chi connectivity index (χ2v) is 4.89. The number of hydrogen-bond acceptors (Lipinski definition) is 1. The summed E-state index contributed by atoms with van der Waals surface area (Å²) in [6.45, 7) is -0.617. The van der Waals surface area contributed by atoms with E-state index in [1.807, 2.05) is 5.32 Å². The second-order valence-electron chi connectivity index (χ2n) is 4.89. The van der Waals surface area contributed by atoms with Crippen LogP contribution in [0.2, 0.25) is 0 Å². The van der Waals surface area contributed by atoms with E-state index < -0.39 is 18.8 Å². The standard InChI is InChI=1S/C11H17F3N2O/c12-11(13,14)7-15-10(17)16-6-8-4-2-1-3-5-9(8)16/h8-9H,1-7H2,(H,15,17)/t8-,9+/m0/s1. The van der Waals surface area contributed by atoms with E-state index in [4.69, 9.17) is 0 Å². The molecule has 1 N–H and O–H groups in total. The Hall–Kier alpha value is -0.940. The number of carbonyl (C=O) groups excluding carboxylic acids is 1. The SMILES string of the molecule is O=C(NCC(F)(F)F)N1C[C@@H]2CCCCC[C@H]21. The summed E-state index contributed by atoms with van der Waals surface area (Å²) in [6, 6.07) is -0.392. The molecule has 1 saturated heterocycles. The Bertz CT molecular complexity index is 293. The fourth-order valence-electron chi connectivity index (χ4n) is 2.75. The van der Waals surface area contributed by atoms with Gasteiger partial charge in [-0.15, -0.1) is 0 Å². The molecule has 1 saturated carbocycles. The number of fused-ring (bicyclic) bond motifs is 1. The Balaban J connectivity index is 1.81. The molecule has 17 heavy (non-hydrogen) atoms. The Morgan fingerprint density at radius 2 is 1.94 bits per heavy atom. The molecule has 2 fully saturated rings. The highest BCUT2D eigenvalue weighted by Crippen LogP contribution is 2.35. The van der Waals surface area contributed by atoms with Gasteiger partial charge in [-0.3, -0.25) is 0 Å². The molecule has 98 valence electrons. The van der Waals surface area contributed by atoms with E-state index in [1.165, 1.54) is 12.8 Å². The van der Waals surface area contributed by atoms with Crippen molar-refractivity contribution in [3.8, 4) is 0 Å². The third-order valence-electron chi connectivity index (χ3n) is 3.65. The first kappa shape index (κ1) is 12.5. The molecule has 1 aliphatic heterocycles. The molecule has 2 amide bonds. The van der Waals surface area contributed by atoms with Gasteiger partial charge in [-0.2, -0.15) is 13.2 Å². The van der Waals surface area contributed by atoms with Crippen molar-refractivity contribution >= 4 is 6.03 Å². The molecule has 0 aromatic heterocycles. The number of rotatable bonds is 1. The van der Waals surface area contributed by atoms with E-state index in [0.717, 1.165) is 19.3 Å². The van der Waals surface area contributed by atoms with Crippen LogP contribution in [0, 0.1) is 5.92 Å². The predicted octanol–water partition coefficient (Wildman–Crippen LogP) is 2.52. The van der Waals surface area contributed by atoms with Gasteiger partial charge in [-0.25, -0.2) is 4.79 Å². The van der Waals surface area contributed by atoms with Crippen molar-refractivity contribution in [1.82, 2.24) is 10.2 Å². The maximum Gasteiger partial charge on any atom is 0.405 e. The van der Waals surface area contributed by atoms with Gasteiger partial charge < -0.3 is 10.2 Å². The van der Waals surface area contributed by atoms with Gasteiger partial charge in [0.15, 0.2) is 0 Å². The fourth-order valence-corrected chi connectivity index (χ4v) is 2.75. The molecule has 0 radical (unpaired) electrons. The first-order chi connectivity index (χ1) is 7.97. The van der Waals surface area contributed by atoms with Crippen LogP contribution in [0.1, 0.15) is 32.1 Å². The molecule has 0 aromatic rings. The fraction of sp³-hybridized carbons (Fsp3) is 0.909. The average molecular weight is 250 g/mol. The second kappa shape index (κ2) is 4.74. The number of halogens is 3. The van der Waals surface area contributed by atoms with Crippen molar-refractivity contribution in [2.45, 2.75) is 44.3 Å². The van der Waals surface area contributed by atoms with Gasteiger partial charge in [0, 0.05) is 12.6 Å². The number of alkyl halides is 3. The number of nitrogens with zero attached hydrogens (tertiary/aromatic N) is 1. The molecule has 0 aromatic carbocycles. The molecule has 2 atom stereocenters. The number of hydrogen-bond donors (Lipinski definition) is 1. The van der Waals surface area contributed by atoms with E-state index in [9.17, 15) is 18.0 Å². The zero-order valence-corrected chi connectivity index (χ0v) is 9.59. The summed E-state index contributed by atoms with van der Waals surface area (Å²) in [5, 5.41) is 1.94. The summed E-state index contributed by atoms with van der Waals surface area (Å²) >= 11 is 0. The van der Waals surface area contributed by atoms with Crippen molar-refractivity contribution in [1.29, 1.82) is 0 Å². The minimum Gasteiger partial charge on any atom is -0.329 e. The molecule has 0 spiro atoms. The summed E-state index contributed by atoms with van der Waals surface area (Å²) in [4.78, 5) is 13.1. The smallest absolute Gasteiger partial charge is 0.329 e. The van der Waals surface area contributed by atoms with E-state index >= 15 is 0 Å². The molecule has 1 heterocycles. The van der Waals surface area contributed by atoms with Gasteiger partial charge in [0.2, 0.25) is 0 Å². The van der Waals surface area contributed by atoms with Gasteiger partial charge in [0.05, 0.1) is 0 Å². The highest BCUT2D eigenvalue weighted by atomic mass is 19.4. The van der Waals surface area contributed by atoms with Crippen LogP contribution in [0.25, 0.3) is 0 Å². The van der Waals surface area contributed by atoms with Crippen molar-refractivity contribution in [3.05, 3.63) is 0 Å². The summed E-state index contributed by atoms with van der Waals surface area (Å²) in [6.07, 6.45) is 1.13. The van der Waals surface area contributed by atoms with Crippen LogP contribution in [-0.2, 0) is 0 Å². The van der Waals surface area contributed by atoms with E-state index in [2.05, 4.69) is 0 Å². The van der Waals surface area contributed by atoms with E-state index in [0.29, 0.717) is 12.5 Å². The molecule has 2 rings (SSSR count). The summed E-state index contributed by atoms with van der Waals surface area (Å²) < 4.78 is 35.9. The predicted molar refractivity (Wildman–Crippen MR) is 56.5 cm³/mol. The third kappa shape index (κ3) is 3.04. The normalized spacial score (nSPS) is 29.0. The largest absolute Gasteiger partial charge is 0.405 e. The molecule has 2 aliphatic rings. The quantitative estimate of drug-likeness (QED) is 0.762. The van der Waals surface area contributed by atoms with Crippen LogP contribution in [-0.4, -0.2) is 36.2 Å². The Morgan fingerprint density at radius 3 is 2.65 bits per heavy atom. The van der Waals surface area contributed by atoms with Crippen LogP contribution in [0.5, 0.6) is 0 Å². The Morgan fingerprint density at radius 1 is 1.24 bits per heavy atom. The van der Waals surface area contributed by atoms with Crippen LogP contribution >= 0.6 is 0 Å². The molecule has 0 bridgehead atoms. The number of likely N-dealkylation sites (tertiary alicyclic amines) is 1. The topological polar surface area (TPSA) is 32.3 Å². The van der Waals surface area contributed by atoms with Gasteiger partial charge >= 0.3 is 12.2 Å². The lowest BCUT2D eigenvalue weighted by Gasteiger charge is -2.47. The van der Waals surface area contributed by atoms with Gasteiger partial charge in [0.1, 0.15) is 6.54 Å². The molecular weight excluding hydrogens is 233 g/mol. The van der Waals surface area contributed by atoms with Crippen molar-refractivity contribution in [3.63, 3.8) is 0 Å². The first-order valence-corrected chi connectivity index (χ1v) is 6.08. The Kier molecular flexibility index (Phi) is 3.49. The maximum atomic E-state index is 12.0. The van der Waals surface area contributed by atoms with Gasteiger partial charge in [-0.05, 0) is 18.8 Å². The minimum atomic E-state index is -4.33. The first-order valence-electron chi connectivity index (χ1n) is 6.08. The van der Waals surface area contributed by atoms with Crippen LogP contribution in [0.15, 0.2) is 0 Å². The minimum absolute atomic E-state index is 0.172. The molecular formula is C11H17F3N2O. The van der Waals surface area contributed by atoms with Crippen molar-refractivity contribution < 1.29 is 18.0 Å². The summed E-state index contributed by atoms with van der Waals surface area (Å²) in [5.41, 5.74) is 0. The van der Waals surface area contributed by atoms with E-state index in [1.54, 1.807) is 4.90 Å². The lowest BCUT2D eigenvalue weighted by atomic mass is 9.85. The summed E-state index contributed by atoms with van der Waals surface area (Å²) in [7, 11) is 0. The van der Waals surface area contributed by atoms with Crippen molar-refractivity contribution in [2.24, 2.45) is 5.92 Å². The maximum absolute atomic E-state index is 12.0. The highest BCUT2D eigenvalue weighted by Gasteiger charge is 2.42. The number of nitrogens with one attached hydrogen (secondary N) is 1. The molecule has 6 heteroatoms. The monoisotopic (exact) mass is 250 g/mol. The number of carbonyl (C=O) groups is 1. The molecule has 0 unspecified atom stereocenters. The number of urea groups is 1. The number of amides is 2.